The number of carbonyl (C=O) groups excluding carboxylic acids is 1. The molecule has 0 aliphatic rings. The highest BCUT2D eigenvalue weighted by atomic mass is 16.2. The molecule has 0 aliphatic heterocycles. The van der Waals surface area contributed by atoms with E-state index in [0.717, 1.165) is 33.8 Å². The van der Waals surface area contributed by atoms with Gasteiger partial charge in [-0.1, -0.05) is 0 Å². The molecule has 0 fully saturated rings. The Morgan fingerprint density at radius 3 is 2.26 bits per heavy atom. The number of hydrogen-bond donors (Lipinski definition) is 4. The van der Waals surface area contributed by atoms with Crippen LogP contribution in [0.25, 0.3) is 0 Å². The maximum absolute atomic E-state index is 12.1. The zero-order valence-electron chi connectivity index (χ0n) is 19.7. The van der Waals surface area contributed by atoms with Crippen molar-refractivity contribution in [1.29, 1.82) is 0 Å². The van der Waals surface area contributed by atoms with Gasteiger partial charge in [-0.25, -0.2) is 10.4 Å². The highest BCUT2D eigenvalue weighted by molar-refractivity contribution is 5.94. The highest BCUT2D eigenvalue weighted by Crippen LogP contribution is 2.25. The molecule has 35 heavy (non-hydrogen) atoms. The van der Waals surface area contributed by atoms with Crippen molar-refractivity contribution in [2.24, 2.45) is 5.10 Å². The Morgan fingerprint density at radius 1 is 0.886 bits per heavy atom. The predicted octanol–water partition coefficient (Wildman–Crippen LogP) is 4.78. The Morgan fingerprint density at radius 2 is 1.57 bits per heavy atom. The van der Waals surface area contributed by atoms with Gasteiger partial charge in [0, 0.05) is 48.3 Å². The maximum Gasteiger partial charge on any atom is 0.271 e. The van der Waals surface area contributed by atoms with Crippen LogP contribution in [0.2, 0.25) is 0 Å². The van der Waals surface area contributed by atoms with Crippen LogP contribution in [-0.4, -0.2) is 34.1 Å². The first-order valence-electron chi connectivity index (χ1n) is 11.0. The third-order valence-corrected chi connectivity index (χ3v) is 5.22. The molecule has 4 aromatic rings. The van der Waals surface area contributed by atoms with Gasteiger partial charge in [0.25, 0.3) is 5.91 Å². The standard InChI is InChI=1S/C26H26N8O/c1-17-14-19(16-30-34-25(35)20-8-11-28-12-9-20)15-18(2)24(17)32-23-10-13-29-26(33-23)31-22-6-4-21(27-3)5-7-22/h4-16,27H,1-3H3,(H,34,35)(H2,29,31,32,33)/b30-16-. The SMILES string of the molecule is CNc1ccc(Nc2nccc(Nc3c(C)cc(/C=N\NC(=O)c4ccncc4)cc3C)n2)cc1. The summed E-state index contributed by atoms with van der Waals surface area (Å²) < 4.78 is 0. The topological polar surface area (TPSA) is 116 Å². The second-order valence-electron chi connectivity index (χ2n) is 7.81. The summed E-state index contributed by atoms with van der Waals surface area (Å²) in [4.78, 5) is 24.9. The van der Waals surface area contributed by atoms with Gasteiger partial charge in [-0.2, -0.15) is 10.1 Å². The first-order chi connectivity index (χ1) is 17.0. The Hall–Kier alpha value is -4.79. The van der Waals surface area contributed by atoms with Crippen LogP contribution in [0.15, 0.2) is 78.3 Å². The van der Waals surface area contributed by atoms with Gasteiger partial charge in [-0.15, -0.1) is 0 Å². The third kappa shape index (κ3) is 6.17. The lowest BCUT2D eigenvalue weighted by Crippen LogP contribution is -2.17. The molecule has 4 N–H and O–H groups in total. The fourth-order valence-corrected chi connectivity index (χ4v) is 3.47. The van der Waals surface area contributed by atoms with E-state index in [0.29, 0.717) is 17.3 Å². The van der Waals surface area contributed by atoms with Gasteiger partial charge >= 0.3 is 0 Å². The smallest absolute Gasteiger partial charge is 0.271 e. The number of benzene rings is 2. The zero-order valence-corrected chi connectivity index (χ0v) is 19.7. The number of nitrogens with zero attached hydrogens (tertiary/aromatic N) is 4. The van der Waals surface area contributed by atoms with Crippen molar-refractivity contribution in [3.8, 4) is 0 Å². The molecule has 1 amide bonds. The van der Waals surface area contributed by atoms with Gasteiger partial charge in [0.1, 0.15) is 5.82 Å². The average molecular weight is 467 g/mol. The number of rotatable bonds is 8. The predicted molar refractivity (Wildman–Crippen MR) is 140 cm³/mol. The Balaban J connectivity index is 1.43. The number of hydrazone groups is 1. The van der Waals surface area contributed by atoms with Gasteiger partial charge in [-0.3, -0.25) is 9.78 Å². The van der Waals surface area contributed by atoms with E-state index in [9.17, 15) is 4.79 Å². The molecular weight excluding hydrogens is 440 g/mol. The van der Waals surface area contributed by atoms with E-state index < -0.39 is 0 Å². The number of carbonyl (C=O) groups is 1. The lowest BCUT2D eigenvalue weighted by molar-refractivity contribution is 0.0955. The Labute approximate surface area is 203 Å². The highest BCUT2D eigenvalue weighted by Gasteiger charge is 2.08. The first-order valence-corrected chi connectivity index (χ1v) is 11.0. The minimum absolute atomic E-state index is 0.290. The molecule has 4 rings (SSSR count). The molecule has 0 bridgehead atoms. The second kappa shape index (κ2) is 10.9. The first kappa shape index (κ1) is 23.4. The Kier molecular flexibility index (Phi) is 7.27. The minimum atomic E-state index is -0.290. The van der Waals surface area contributed by atoms with E-state index in [-0.39, 0.29) is 5.91 Å². The monoisotopic (exact) mass is 466 g/mol. The van der Waals surface area contributed by atoms with Gasteiger partial charge in [-0.05, 0) is 85.1 Å². The summed E-state index contributed by atoms with van der Waals surface area (Å²) in [6, 6.07) is 16.9. The number of anilines is 5. The summed E-state index contributed by atoms with van der Waals surface area (Å²) in [6.45, 7) is 4.01. The van der Waals surface area contributed by atoms with Crippen LogP contribution in [0.5, 0.6) is 0 Å². The van der Waals surface area contributed by atoms with Crippen molar-refractivity contribution >= 4 is 41.0 Å². The number of amides is 1. The molecule has 9 heteroatoms. The number of hydrogen-bond acceptors (Lipinski definition) is 8. The molecule has 0 spiro atoms. The average Bonchev–Trinajstić information content (AvgIpc) is 2.87. The molecule has 0 radical (unpaired) electrons. The van der Waals surface area contributed by atoms with Crippen LogP contribution in [0.3, 0.4) is 0 Å². The minimum Gasteiger partial charge on any atom is -0.388 e. The van der Waals surface area contributed by atoms with Crippen LogP contribution in [0, 0.1) is 13.8 Å². The zero-order chi connectivity index (χ0) is 24.6. The number of nitrogens with one attached hydrogen (secondary N) is 4. The molecule has 2 aromatic carbocycles. The van der Waals surface area contributed by atoms with Crippen molar-refractivity contribution in [2.45, 2.75) is 13.8 Å². The van der Waals surface area contributed by atoms with Crippen molar-refractivity contribution < 1.29 is 4.79 Å². The molecule has 2 aromatic heterocycles. The lowest BCUT2D eigenvalue weighted by atomic mass is 10.0. The van der Waals surface area contributed by atoms with E-state index in [2.05, 4.69) is 41.4 Å². The van der Waals surface area contributed by atoms with Crippen molar-refractivity contribution in [1.82, 2.24) is 20.4 Å². The van der Waals surface area contributed by atoms with Crippen LogP contribution in [0.1, 0.15) is 27.0 Å². The van der Waals surface area contributed by atoms with E-state index in [1.807, 2.05) is 63.4 Å². The van der Waals surface area contributed by atoms with Crippen LogP contribution < -0.4 is 21.4 Å². The largest absolute Gasteiger partial charge is 0.388 e. The van der Waals surface area contributed by atoms with E-state index >= 15 is 0 Å². The summed E-state index contributed by atoms with van der Waals surface area (Å²) in [5, 5.41) is 13.8. The fraction of sp³-hybridized carbons (Fsp3) is 0.115. The maximum atomic E-state index is 12.1. The van der Waals surface area contributed by atoms with E-state index in [1.54, 1.807) is 36.9 Å². The number of aryl methyl sites for hydroxylation is 2. The molecule has 0 unspecified atom stereocenters. The van der Waals surface area contributed by atoms with Crippen molar-refractivity contribution in [2.75, 3.05) is 23.0 Å². The van der Waals surface area contributed by atoms with Gasteiger partial charge < -0.3 is 16.0 Å². The molecule has 0 saturated carbocycles. The summed E-state index contributed by atoms with van der Waals surface area (Å²) in [5.74, 6) is 0.879. The van der Waals surface area contributed by atoms with Crippen LogP contribution in [0.4, 0.5) is 28.8 Å². The molecule has 0 saturated heterocycles. The van der Waals surface area contributed by atoms with Crippen LogP contribution >= 0.6 is 0 Å². The second-order valence-corrected chi connectivity index (χ2v) is 7.81. The summed E-state index contributed by atoms with van der Waals surface area (Å²) in [5.41, 5.74) is 8.81. The van der Waals surface area contributed by atoms with E-state index in [1.165, 1.54) is 0 Å². The van der Waals surface area contributed by atoms with Gasteiger partial charge in [0.05, 0.1) is 6.21 Å². The third-order valence-electron chi connectivity index (χ3n) is 5.22. The quantitative estimate of drug-likeness (QED) is 0.218. The lowest BCUT2D eigenvalue weighted by Gasteiger charge is -2.14. The molecule has 2 heterocycles. The molecule has 9 nitrogen and oxygen atoms in total. The van der Waals surface area contributed by atoms with Gasteiger partial charge in [0.2, 0.25) is 5.95 Å². The number of aromatic nitrogens is 3. The van der Waals surface area contributed by atoms with E-state index in [4.69, 9.17) is 0 Å². The summed E-state index contributed by atoms with van der Waals surface area (Å²) in [6.07, 6.45) is 6.45. The fourth-order valence-electron chi connectivity index (χ4n) is 3.47. The number of pyridine rings is 1. The molecule has 0 aliphatic carbocycles. The molecule has 0 atom stereocenters. The van der Waals surface area contributed by atoms with Crippen LogP contribution in [-0.2, 0) is 0 Å². The Bertz CT molecular complexity index is 1310. The summed E-state index contributed by atoms with van der Waals surface area (Å²) >= 11 is 0. The molecular formula is C26H26N8O. The van der Waals surface area contributed by atoms with Crippen molar-refractivity contribution in [3.63, 3.8) is 0 Å². The summed E-state index contributed by atoms with van der Waals surface area (Å²) in [7, 11) is 1.88. The normalized spacial score (nSPS) is 10.7. The van der Waals surface area contributed by atoms with Gasteiger partial charge in [0.15, 0.2) is 0 Å². The molecule has 176 valence electrons. The van der Waals surface area contributed by atoms with Crippen molar-refractivity contribution in [3.05, 3.63) is 95.4 Å².